The lowest BCUT2D eigenvalue weighted by molar-refractivity contribution is 0.0896. The molecule has 1 atom stereocenters. The summed E-state index contributed by atoms with van der Waals surface area (Å²) >= 11 is 1.60. The molecule has 0 saturated heterocycles. The number of nitrogens with two attached hydrogens (primary N) is 1. The van der Waals surface area contributed by atoms with E-state index >= 15 is 0 Å². The number of nitrogen functional groups attached to an aromatic ring is 1. The van der Waals surface area contributed by atoms with Crippen molar-refractivity contribution in [3.8, 4) is 5.69 Å². The van der Waals surface area contributed by atoms with Gasteiger partial charge in [-0.2, -0.15) is 5.10 Å². The lowest BCUT2D eigenvalue weighted by atomic mass is 10.2. The van der Waals surface area contributed by atoms with Gasteiger partial charge in [-0.25, -0.2) is 14.5 Å². The molecule has 0 aliphatic rings. The molecular weight excluding hydrogens is 601 g/mol. The van der Waals surface area contributed by atoms with Crippen LogP contribution in [-0.4, -0.2) is 43.4 Å². The lowest BCUT2D eigenvalue weighted by Crippen LogP contribution is -2.29. The van der Waals surface area contributed by atoms with Crippen molar-refractivity contribution in [1.29, 1.82) is 0 Å². The second kappa shape index (κ2) is 12.5. The molecule has 10 nitrogen and oxygen atoms in total. The van der Waals surface area contributed by atoms with Crippen molar-refractivity contribution in [2.45, 2.75) is 62.1 Å². The van der Waals surface area contributed by atoms with Crippen LogP contribution in [0.4, 0.5) is 11.5 Å². The number of rotatable bonds is 11. The zero-order valence-electron chi connectivity index (χ0n) is 26.2. The normalized spacial score (nSPS) is 12.6. The molecule has 0 fully saturated rings. The first-order chi connectivity index (χ1) is 21.6. The summed E-state index contributed by atoms with van der Waals surface area (Å²) in [4.78, 5) is 25.2. The summed E-state index contributed by atoms with van der Waals surface area (Å²) in [5.74, 6) is 1.19. The van der Waals surface area contributed by atoms with Crippen LogP contribution in [-0.2, 0) is 11.5 Å². The van der Waals surface area contributed by atoms with Crippen LogP contribution in [0.1, 0.15) is 24.4 Å². The van der Waals surface area contributed by atoms with Gasteiger partial charge in [0.15, 0.2) is 5.82 Å². The second-order valence-electron chi connectivity index (χ2n) is 12.4. The number of para-hydroxylation sites is 1. The fourth-order valence-electron chi connectivity index (χ4n) is 5.23. The smallest absolute Gasteiger partial charge is 0.282 e. The number of aryl methyl sites for hydroxylation is 1. The monoisotopic (exact) mass is 638 g/mol. The highest BCUT2D eigenvalue weighted by molar-refractivity contribution is 7.99. The van der Waals surface area contributed by atoms with E-state index < -0.39 is 14.1 Å². The minimum absolute atomic E-state index is 0.130. The van der Waals surface area contributed by atoms with Gasteiger partial charge in [-0.15, -0.1) is 0 Å². The molecule has 3 N–H and O–H groups in total. The largest absolute Gasteiger partial charge is 0.399 e. The van der Waals surface area contributed by atoms with E-state index in [2.05, 4.69) is 36.1 Å². The van der Waals surface area contributed by atoms with Crippen LogP contribution in [0.5, 0.6) is 0 Å². The Labute approximate surface area is 267 Å². The summed E-state index contributed by atoms with van der Waals surface area (Å²) in [5.41, 5.74) is 9.60. The Morgan fingerprint density at radius 2 is 1.87 bits per heavy atom. The van der Waals surface area contributed by atoms with Crippen molar-refractivity contribution in [2.24, 2.45) is 0 Å². The average molecular weight is 639 g/mol. The van der Waals surface area contributed by atoms with E-state index in [1.54, 1.807) is 27.2 Å². The van der Waals surface area contributed by atoms with Crippen molar-refractivity contribution < 1.29 is 4.74 Å². The fourth-order valence-corrected chi connectivity index (χ4v) is 7.05. The average Bonchev–Trinajstić information content (AvgIpc) is 3.55. The molecule has 6 rings (SSSR count). The zero-order chi connectivity index (χ0) is 31.7. The molecule has 0 aliphatic heterocycles. The predicted octanol–water partition coefficient (Wildman–Crippen LogP) is 6.76. The first-order valence-corrected chi connectivity index (χ1v) is 19.5. The van der Waals surface area contributed by atoms with Crippen molar-refractivity contribution in [3.05, 3.63) is 101 Å². The molecule has 4 aromatic heterocycles. The molecule has 45 heavy (non-hydrogen) atoms. The number of hydrogen-bond donors (Lipinski definition) is 2. The Hall–Kier alpha value is -4.39. The van der Waals surface area contributed by atoms with Crippen LogP contribution in [0.3, 0.4) is 0 Å². The van der Waals surface area contributed by atoms with Gasteiger partial charge >= 0.3 is 0 Å². The van der Waals surface area contributed by atoms with Gasteiger partial charge in [0, 0.05) is 42.6 Å². The number of hydrogen-bond acceptors (Lipinski definition) is 8. The SMILES string of the molecule is Cc1ccn2nc(C(C)Nc3ncnc4c3c(Sc3cccc(N)c3)cn4COCC[Si](C)(C)C)n(-c3ccccc3)c(=O)c12. The van der Waals surface area contributed by atoms with Gasteiger partial charge in [0.05, 0.1) is 17.1 Å². The summed E-state index contributed by atoms with van der Waals surface area (Å²) in [6.45, 7) is 12.0. The van der Waals surface area contributed by atoms with Crippen molar-refractivity contribution in [2.75, 3.05) is 17.7 Å². The maximum Gasteiger partial charge on any atom is 0.282 e. The predicted molar refractivity (Wildman–Crippen MR) is 184 cm³/mol. The van der Waals surface area contributed by atoms with Crippen LogP contribution < -0.4 is 16.6 Å². The summed E-state index contributed by atoms with van der Waals surface area (Å²) in [5, 5.41) is 9.35. The van der Waals surface area contributed by atoms with Gasteiger partial charge in [-0.1, -0.05) is 55.7 Å². The maximum atomic E-state index is 13.9. The Morgan fingerprint density at radius 1 is 1.07 bits per heavy atom. The number of fused-ring (bicyclic) bond motifs is 2. The standard InChI is InChI=1S/C33H38N8O2SSi/c1-22-14-15-40-29(22)33(42)41(25-11-7-6-8-12-25)31(38-40)23(2)37-30-28-27(44-26-13-9-10-24(34)18-26)19-39(32(28)36-20-35-30)21-43-16-17-45(3,4)5/h6-15,18-20,23H,16-17,21,34H2,1-5H3,(H,35,36,37). The van der Waals surface area contributed by atoms with Gasteiger partial charge < -0.3 is 20.4 Å². The third-order valence-corrected chi connectivity index (χ3v) is 10.3. The first kappa shape index (κ1) is 30.6. The van der Waals surface area contributed by atoms with Crippen LogP contribution >= 0.6 is 11.8 Å². The number of nitrogens with zero attached hydrogens (tertiary/aromatic N) is 6. The van der Waals surface area contributed by atoms with E-state index in [0.29, 0.717) is 36.2 Å². The molecule has 12 heteroatoms. The molecule has 0 spiro atoms. The summed E-state index contributed by atoms with van der Waals surface area (Å²) < 4.78 is 11.5. The third kappa shape index (κ3) is 6.53. The molecule has 0 amide bonds. The van der Waals surface area contributed by atoms with Crippen LogP contribution in [0.2, 0.25) is 25.7 Å². The van der Waals surface area contributed by atoms with Gasteiger partial charge in [0.2, 0.25) is 0 Å². The molecule has 0 radical (unpaired) electrons. The number of ether oxygens (including phenoxy) is 1. The Balaban J connectivity index is 1.42. The van der Waals surface area contributed by atoms with E-state index in [1.807, 2.05) is 85.3 Å². The molecule has 232 valence electrons. The van der Waals surface area contributed by atoms with E-state index in [4.69, 9.17) is 20.6 Å². The molecule has 1 unspecified atom stereocenters. The van der Waals surface area contributed by atoms with Crippen molar-refractivity contribution in [1.82, 2.24) is 28.7 Å². The summed E-state index contributed by atoms with van der Waals surface area (Å²) in [7, 11) is -1.23. The first-order valence-electron chi connectivity index (χ1n) is 15.0. The number of nitrogens with one attached hydrogen (secondary N) is 1. The minimum Gasteiger partial charge on any atom is -0.399 e. The van der Waals surface area contributed by atoms with Gasteiger partial charge in [-0.05, 0) is 61.9 Å². The van der Waals surface area contributed by atoms with E-state index in [0.717, 1.165) is 38.1 Å². The molecule has 4 heterocycles. The quantitative estimate of drug-likeness (QED) is 0.0909. The van der Waals surface area contributed by atoms with Gasteiger partial charge in [0.1, 0.15) is 30.0 Å². The van der Waals surface area contributed by atoms with Crippen LogP contribution in [0.25, 0.3) is 22.2 Å². The lowest BCUT2D eigenvalue weighted by Gasteiger charge is -2.20. The minimum atomic E-state index is -1.23. The number of benzene rings is 2. The summed E-state index contributed by atoms with van der Waals surface area (Å²) in [6, 6.07) is 20.0. The van der Waals surface area contributed by atoms with Gasteiger partial charge in [-0.3, -0.25) is 9.36 Å². The van der Waals surface area contributed by atoms with E-state index in [-0.39, 0.29) is 5.56 Å². The molecule has 0 saturated carbocycles. The topological polar surface area (TPSA) is 117 Å². The van der Waals surface area contributed by atoms with Crippen LogP contribution in [0, 0.1) is 6.92 Å². The number of aromatic nitrogens is 6. The van der Waals surface area contributed by atoms with Crippen molar-refractivity contribution >= 4 is 47.9 Å². The highest BCUT2D eigenvalue weighted by atomic mass is 32.2. The maximum absolute atomic E-state index is 13.9. The third-order valence-electron chi connectivity index (χ3n) is 7.60. The highest BCUT2D eigenvalue weighted by Crippen LogP contribution is 2.38. The molecular formula is C33H38N8O2SSi. The molecule has 2 aromatic carbocycles. The Bertz CT molecular complexity index is 2030. The van der Waals surface area contributed by atoms with E-state index in [1.165, 1.54) is 0 Å². The summed E-state index contributed by atoms with van der Waals surface area (Å²) in [6.07, 6.45) is 5.44. The highest BCUT2D eigenvalue weighted by Gasteiger charge is 2.23. The van der Waals surface area contributed by atoms with Crippen LogP contribution in [0.15, 0.2) is 94.0 Å². The molecule has 6 aromatic rings. The molecule has 0 aliphatic carbocycles. The zero-order valence-corrected chi connectivity index (χ0v) is 28.0. The second-order valence-corrected chi connectivity index (χ2v) is 19.1. The molecule has 0 bridgehead atoms. The Morgan fingerprint density at radius 3 is 2.62 bits per heavy atom. The van der Waals surface area contributed by atoms with E-state index in [9.17, 15) is 4.79 Å². The number of anilines is 2. The Kier molecular flexibility index (Phi) is 8.54. The van der Waals surface area contributed by atoms with Crippen molar-refractivity contribution in [3.63, 3.8) is 0 Å². The van der Waals surface area contributed by atoms with Gasteiger partial charge in [0.25, 0.3) is 5.56 Å². The fraction of sp³-hybridized carbons (Fsp3) is 0.273.